The minimum atomic E-state index is -0.421. The fourth-order valence-corrected chi connectivity index (χ4v) is 4.29. The number of nitrogens with zero attached hydrogens (tertiary/aromatic N) is 3. The average molecular weight is 419 g/mol. The number of benzene rings is 2. The molecule has 0 aliphatic rings. The van der Waals surface area contributed by atoms with E-state index in [1.165, 1.54) is 24.9 Å². The summed E-state index contributed by atoms with van der Waals surface area (Å²) >= 11 is 1.32. The van der Waals surface area contributed by atoms with E-state index in [-0.39, 0.29) is 10.6 Å². The molecule has 2 heterocycles. The van der Waals surface area contributed by atoms with Crippen molar-refractivity contribution < 1.29 is 14.5 Å². The van der Waals surface area contributed by atoms with Crippen LogP contribution in [0.25, 0.3) is 10.9 Å². The molecule has 0 saturated heterocycles. The van der Waals surface area contributed by atoms with Crippen molar-refractivity contribution in [2.75, 3.05) is 7.11 Å². The highest BCUT2D eigenvalue weighted by atomic mass is 32.2. The summed E-state index contributed by atoms with van der Waals surface area (Å²) in [5.41, 5.74) is 2.18. The second-order valence-electron chi connectivity index (χ2n) is 6.49. The standard InChI is InChI=1S/C22H17N3O4S/c1-29-22(26)15-9-10-17-19(12-15)24(13-16-6-4-5-11-23-16)14-21(17)30-20-8-3-2-7-18(20)25(27)28/h2-12,14H,13H2,1H3. The van der Waals surface area contributed by atoms with Crippen molar-refractivity contribution in [3.05, 3.63) is 94.4 Å². The highest BCUT2D eigenvalue weighted by Gasteiger charge is 2.18. The molecule has 4 rings (SSSR count). The average Bonchev–Trinajstić information content (AvgIpc) is 3.10. The molecule has 30 heavy (non-hydrogen) atoms. The molecule has 0 bridgehead atoms. The van der Waals surface area contributed by atoms with Gasteiger partial charge in [0.05, 0.1) is 40.2 Å². The SMILES string of the molecule is COC(=O)c1ccc2c(Sc3ccccc3[N+](=O)[O-])cn(Cc3ccccn3)c2c1. The van der Waals surface area contributed by atoms with Gasteiger partial charge in [-0.05, 0) is 30.3 Å². The third kappa shape index (κ3) is 3.90. The maximum atomic E-state index is 12.0. The summed E-state index contributed by atoms with van der Waals surface area (Å²) in [5, 5.41) is 12.3. The van der Waals surface area contributed by atoms with Crippen LogP contribution < -0.4 is 0 Å². The van der Waals surface area contributed by atoms with Gasteiger partial charge in [-0.15, -0.1) is 0 Å². The van der Waals surface area contributed by atoms with Gasteiger partial charge in [0.1, 0.15) is 0 Å². The zero-order valence-corrected chi connectivity index (χ0v) is 16.8. The molecule has 0 spiro atoms. The van der Waals surface area contributed by atoms with Gasteiger partial charge in [-0.1, -0.05) is 36.0 Å². The quantitative estimate of drug-likeness (QED) is 0.250. The number of methoxy groups -OCH3 is 1. The van der Waals surface area contributed by atoms with Crippen LogP contribution in [0.15, 0.2) is 82.8 Å². The molecule has 0 atom stereocenters. The zero-order valence-electron chi connectivity index (χ0n) is 16.0. The fourth-order valence-electron chi connectivity index (χ4n) is 3.19. The van der Waals surface area contributed by atoms with Crippen LogP contribution in [0.3, 0.4) is 0 Å². The molecule has 2 aromatic heterocycles. The number of rotatable bonds is 6. The number of aromatic nitrogens is 2. The van der Waals surface area contributed by atoms with Gasteiger partial charge in [-0.25, -0.2) is 4.79 Å². The molecule has 150 valence electrons. The number of carbonyl (C=O) groups is 1. The largest absolute Gasteiger partial charge is 0.465 e. The van der Waals surface area contributed by atoms with Gasteiger partial charge in [0, 0.05) is 28.7 Å². The maximum absolute atomic E-state index is 12.0. The van der Waals surface area contributed by atoms with E-state index in [4.69, 9.17) is 4.74 Å². The Labute approximate surface area is 176 Å². The van der Waals surface area contributed by atoms with Gasteiger partial charge in [0.2, 0.25) is 0 Å². The number of nitro benzene ring substituents is 1. The third-order valence-electron chi connectivity index (χ3n) is 4.61. The molecule has 0 saturated carbocycles. The number of carbonyl (C=O) groups excluding carboxylic acids is 1. The van der Waals surface area contributed by atoms with Gasteiger partial charge in [-0.3, -0.25) is 15.1 Å². The number of hydrogen-bond donors (Lipinski definition) is 0. The molecule has 0 unspecified atom stereocenters. The Morgan fingerprint density at radius 3 is 2.67 bits per heavy atom. The Hall–Kier alpha value is -3.65. The number of pyridine rings is 1. The molecular weight excluding hydrogens is 402 g/mol. The first-order valence-electron chi connectivity index (χ1n) is 9.09. The van der Waals surface area contributed by atoms with Crippen molar-refractivity contribution in [3.8, 4) is 0 Å². The molecule has 7 nitrogen and oxygen atoms in total. The molecule has 0 N–H and O–H groups in total. The lowest BCUT2D eigenvalue weighted by atomic mass is 10.1. The van der Waals surface area contributed by atoms with Crippen LogP contribution in [0.1, 0.15) is 16.1 Å². The van der Waals surface area contributed by atoms with Crippen molar-refractivity contribution >= 4 is 34.3 Å². The van der Waals surface area contributed by atoms with E-state index >= 15 is 0 Å². The minimum absolute atomic E-state index is 0.0549. The van der Waals surface area contributed by atoms with E-state index in [2.05, 4.69) is 4.98 Å². The Kier molecular flexibility index (Phi) is 5.49. The highest BCUT2D eigenvalue weighted by molar-refractivity contribution is 7.99. The lowest BCUT2D eigenvalue weighted by molar-refractivity contribution is -0.387. The van der Waals surface area contributed by atoms with E-state index < -0.39 is 5.97 Å². The molecular formula is C22H17N3O4S. The second-order valence-corrected chi connectivity index (χ2v) is 7.58. The number of nitro groups is 1. The van der Waals surface area contributed by atoms with Gasteiger partial charge in [-0.2, -0.15) is 0 Å². The monoisotopic (exact) mass is 419 g/mol. The smallest absolute Gasteiger partial charge is 0.337 e. The van der Waals surface area contributed by atoms with Gasteiger partial charge < -0.3 is 9.30 Å². The molecule has 4 aromatic rings. The first kappa shape index (κ1) is 19.7. The molecule has 8 heteroatoms. The van der Waals surface area contributed by atoms with E-state index in [0.29, 0.717) is 17.0 Å². The van der Waals surface area contributed by atoms with Crippen LogP contribution >= 0.6 is 11.8 Å². The molecule has 0 aliphatic heterocycles. The summed E-state index contributed by atoms with van der Waals surface area (Å²) < 4.78 is 6.83. The van der Waals surface area contributed by atoms with Gasteiger partial charge in [0.15, 0.2) is 0 Å². The van der Waals surface area contributed by atoms with Crippen LogP contribution in [0.5, 0.6) is 0 Å². The Bertz CT molecular complexity index is 1240. The van der Waals surface area contributed by atoms with Crippen molar-refractivity contribution in [1.29, 1.82) is 0 Å². The molecule has 2 aromatic carbocycles. The first-order chi connectivity index (χ1) is 14.6. The predicted molar refractivity (Wildman–Crippen MR) is 114 cm³/mol. The van der Waals surface area contributed by atoms with Gasteiger partial charge >= 0.3 is 5.97 Å². The predicted octanol–water partition coefficient (Wildman–Crippen LogP) is 4.93. The number of ether oxygens (including phenoxy) is 1. The van der Waals surface area contributed by atoms with Crippen molar-refractivity contribution in [1.82, 2.24) is 9.55 Å². The lowest BCUT2D eigenvalue weighted by Gasteiger charge is -2.06. The Balaban J connectivity index is 1.82. The second kappa shape index (κ2) is 8.38. The summed E-state index contributed by atoms with van der Waals surface area (Å²) in [4.78, 5) is 28.8. The summed E-state index contributed by atoms with van der Waals surface area (Å²) in [7, 11) is 1.34. The zero-order chi connectivity index (χ0) is 21.1. The molecule has 0 amide bonds. The Morgan fingerprint density at radius 2 is 1.93 bits per heavy atom. The third-order valence-corrected chi connectivity index (χ3v) is 5.72. The number of para-hydroxylation sites is 1. The first-order valence-corrected chi connectivity index (χ1v) is 9.91. The number of fused-ring (bicyclic) bond motifs is 1. The number of esters is 1. The lowest BCUT2D eigenvalue weighted by Crippen LogP contribution is -2.03. The summed E-state index contributed by atoms with van der Waals surface area (Å²) in [6, 6.07) is 17.6. The summed E-state index contributed by atoms with van der Waals surface area (Å²) in [6.45, 7) is 0.499. The van der Waals surface area contributed by atoms with Crippen molar-refractivity contribution in [2.45, 2.75) is 16.3 Å². The van der Waals surface area contributed by atoms with Crippen molar-refractivity contribution in [2.24, 2.45) is 0 Å². The van der Waals surface area contributed by atoms with E-state index in [0.717, 1.165) is 21.5 Å². The Morgan fingerprint density at radius 1 is 1.13 bits per heavy atom. The minimum Gasteiger partial charge on any atom is -0.465 e. The maximum Gasteiger partial charge on any atom is 0.337 e. The normalized spacial score (nSPS) is 10.8. The van der Waals surface area contributed by atoms with Crippen LogP contribution in [0, 0.1) is 10.1 Å². The summed E-state index contributed by atoms with van der Waals surface area (Å²) in [6.07, 6.45) is 3.66. The van der Waals surface area contributed by atoms with E-state index in [9.17, 15) is 14.9 Å². The van der Waals surface area contributed by atoms with Crippen molar-refractivity contribution in [3.63, 3.8) is 0 Å². The van der Waals surface area contributed by atoms with Gasteiger partial charge in [0.25, 0.3) is 5.69 Å². The summed E-state index contributed by atoms with van der Waals surface area (Å²) in [5.74, 6) is -0.421. The highest BCUT2D eigenvalue weighted by Crippen LogP contribution is 2.39. The molecule has 0 aliphatic carbocycles. The topological polar surface area (TPSA) is 87.3 Å². The van der Waals surface area contributed by atoms with E-state index in [1.54, 1.807) is 36.5 Å². The molecule has 0 fully saturated rings. The van der Waals surface area contributed by atoms with E-state index in [1.807, 2.05) is 35.0 Å². The fraction of sp³-hybridized carbons (Fsp3) is 0.0909. The van der Waals surface area contributed by atoms with Crippen LogP contribution in [-0.2, 0) is 11.3 Å². The van der Waals surface area contributed by atoms with Crippen LogP contribution in [0.4, 0.5) is 5.69 Å². The number of hydrogen-bond acceptors (Lipinski definition) is 6. The molecule has 0 radical (unpaired) electrons. The van der Waals surface area contributed by atoms with Crippen LogP contribution in [0.2, 0.25) is 0 Å². The van der Waals surface area contributed by atoms with Crippen LogP contribution in [-0.4, -0.2) is 27.6 Å².